The van der Waals surface area contributed by atoms with E-state index in [-0.39, 0.29) is 11.7 Å². The lowest BCUT2D eigenvalue weighted by Gasteiger charge is -2.36. The topological polar surface area (TPSA) is 32.8 Å². The van der Waals surface area contributed by atoms with Gasteiger partial charge in [-0.3, -0.25) is 4.79 Å². The highest BCUT2D eigenvalue weighted by Gasteiger charge is 2.27. The molecule has 2 aromatic carbocycles. The van der Waals surface area contributed by atoms with E-state index >= 15 is 0 Å². The van der Waals surface area contributed by atoms with Gasteiger partial charge in [0.2, 0.25) is 0 Å². The Balaban J connectivity index is 1.32. The van der Waals surface area contributed by atoms with Gasteiger partial charge < -0.3 is 14.5 Å². The molecule has 3 heterocycles. The predicted octanol–water partition coefficient (Wildman–Crippen LogP) is 4.41. The molecule has 3 aromatic rings. The number of ether oxygens (including phenoxy) is 1. The van der Waals surface area contributed by atoms with Gasteiger partial charge in [-0.2, -0.15) is 0 Å². The molecular weight excluding hydrogens is 375 g/mol. The first-order valence-electron chi connectivity index (χ1n) is 9.34. The Morgan fingerprint density at radius 1 is 1.00 bits per heavy atom. The molecule has 0 aliphatic carbocycles. The van der Waals surface area contributed by atoms with Crippen molar-refractivity contribution < 1.29 is 13.9 Å². The van der Waals surface area contributed by atoms with Crippen LogP contribution in [0.25, 0.3) is 10.4 Å². The molecule has 0 saturated carbocycles. The van der Waals surface area contributed by atoms with Crippen molar-refractivity contribution in [3.05, 3.63) is 70.9 Å². The maximum atomic E-state index is 14.0. The van der Waals surface area contributed by atoms with Crippen molar-refractivity contribution in [3.8, 4) is 16.2 Å². The maximum absolute atomic E-state index is 14.0. The third kappa shape index (κ3) is 2.94. The van der Waals surface area contributed by atoms with Crippen molar-refractivity contribution in [3.63, 3.8) is 0 Å². The van der Waals surface area contributed by atoms with E-state index in [2.05, 4.69) is 0 Å². The van der Waals surface area contributed by atoms with Crippen LogP contribution in [0, 0.1) is 5.82 Å². The number of para-hydroxylation sites is 2. The summed E-state index contributed by atoms with van der Waals surface area (Å²) in [6.07, 6.45) is 0. The lowest BCUT2D eigenvalue weighted by Crippen LogP contribution is -2.48. The molecule has 0 unspecified atom stereocenters. The molecule has 1 aromatic heterocycles. The minimum atomic E-state index is -0.216. The maximum Gasteiger partial charge on any atom is 0.264 e. The van der Waals surface area contributed by atoms with Crippen LogP contribution in [0.4, 0.5) is 10.1 Å². The Bertz CT molecular complexity index is 1040. The Morgan fingerprint density at radius 3 is 2.57 bits per heavy atom. The first-order chi connectivity index (χ1) is 13.7. The van der Waals surface area contributed by atoms with Crippen LogP contribution in [-0.2, 0) is 6.61 Å². The molecule has 142 valence electrons. The Kier molecular flexibility index (Phi) is 4.28. The molecule has 0 spiro atoms. The third-order valence-corrected chi connectivity index (χ3v) is 6.49. The van der Waals surface area contributed by atoms with Gasteiger partial charge in [0.25, 0.3) is 5.91 Å². The number of hydrogen-bond donors (Lipinski definition) is 0. The number of thiophene rings is 1. The fraction of sp³-hybridized carbons (Fsp3) is 0.227. The van der Waals surface area contributed by atoms with Crippen LogP contribution in [0.2, 0.25) is 0 Å². The Morgan fingerprint density at radius 2 is 1.75 bits per heavy atom. The van der Waals surface area contributed by atoms with Crippen LogP contribution in [0.3, 0.4) is 0 Å². The Labute approximate surface area is 166 Å². The zero-order chi connectivity index (χ0) is 19.1. The van der Waals surface area contributed by atoms with Crippen LogP contribution in [-0.4, -0.2) is 37.0 Å². The van der Waals surface area contributed by atoms with Crippen LogP contribution < -0.4 is 9.64 Å². The number of nitrogens with zero attached hydrogens (tertiary/aromatic N) is 2. The molecule has 5 rings (SSSR count). The van der Waals surface area contributed by atoms with E-state index in [9.17, 15) is 9.18 Å². The van der Waals surface area contributed by atoms with Crippen molar-refractivity contribution in [1.29, 1.82) is 0 Å². The number of carbonyl (C=O) groups excluding carboxylic acids is 1. The second kappa shape index (κ2) is 6.95. The standard InChI is InChI=1S/C22H19FN2O2S/c23-17-6-2-3-7-18(17)24-9-11-25(12-10-24)22(26)20-13-15-14-27-19-8-4-1-5-16(19)21(15)28-20/h1-8,13H,9-12,14H2. The zero-order valence-corrected chi connectivity index (χ0v) is 16.0. The summed E-state index contributed by atoms with van der Waals surface area (Å²) in [5, 5.41) is 0. The van der Waals surface area contributed by atoms with E-state index in [1.807, 2.05) is 46.2 Å². The quantitative estimate of drug-likeness (QED) is 0.646. The summed E-state index contributed by atoms with van der Waals surface area (Å²) in [5.74, 6) is 0.700. The van der Waals surface area contributed by atoms with Gasteiger partial charge in [0.15, 0.2) is 0 Å². The number of fused-ring (bicyclic) bond motifs is 3. The summed E-state index contributed by atoms with van der Waals surface area (Å²) < 4.78 is 19.8. The van der Waals surface area contributed by atoms with Gasteiger partial charge in [-0.15, -0.1) is 11.3 Å². The normalized spacial score (nSPS) is 15.6. The van der Waals surface area contributed by atoms with Gasteiger partial charge in [0.1, 0.15) is 18.2 Å². The Hall–Kier alpha value is -2.86. The van der Waals surface area contributed by atoms with Crippen LogP contribution in [0.5, 0.6) is 5.75 Å². The fourth-order valence-corrected chi connectivity index (χ4v) is 4.98. The number of carbonyl (C=O) groups is 1. The highest BCUT2D eigenvalue weighted by molar-refractivity contribution is 7.17. The van der Waals surface area contributed by atoms with Crippen molar-refractivity contribution >= 4 is 22.9 Å². The zero-order valence-electron chi connectivity index (χ0n) is 15.2. The average molecular weight is 394 g/mol. The highest BCUT2D eigenvalue weighted by Crippen LogP contribution is 2.42. The molecule has 4 nitrogen and oxygen atoms in total. The van der Waals surface area contributed by atoms with Crippen molar-refractivity contribution in [1.82, 2.24) is 4.90 Å². The number of halogens is 1. The summed E-state index contributed by atoms with van der Waals surface area (Å²) in [7, 11) is 0. The molecular formula is C22H19FN2O2S. The molecule has 0 atom stereocenters. The number of hydrogen-bond acceptors (Lipinski definition) is 4. The van der Waals surface area contributed by atoms with Crippen LogP contribution in [0.15, 0.2) is 54.6 Å². The van der Waals surface area contributed by atoms with Gasteiger partial charge in [-0.1, -0.05) is 24.3 Å². The van der Waals surface area contributed by atoms with Gasteiger partial charge >= 0.3 is 0 Å². The largest absolute Gasteiger partial charge is 0.488 e. The van der Waals surface area contributed by atoms with E-state index in [4.69, 9.17) is 4.74 Å². The molecule has 28 heavy (non-hydrogen) atoms. The molecule has 0 bridgehead atoms. The molecule has 2 aliphatic rings. The lowest BCUT2D eigenvalue weighted by atomic mass is 10.1. The van der Waals surface area contributed by atoms with Gasteiger partial charge in [-0.05, 0) is 30.3 Å². The van der Waals surface area contributed by atoms with E-state index in [1.165, 1.54) is 17.4 Å². The van der Waals surface area contributed by atoms with Gasteiger partial charge in [0.05, 0.1) is 10.6 Å². The second-order valence-corrected chi connectivity index (χ2v) is 8.03. The molecule has 1 amide bonds. The molecule has 2 aliphatic heterocycles. The van der Waals surface area contributed by atoms with Crippen molar-refractivity contribution in [2.45, 2.75) is 6.61 Å². The second-order valence-electron chi connectivity index (χ2n) is 6.98. The first kappa shape index (κ1) is 17.3. The predicted molar refractivity (Wildman–Crippen MR) is 109 cm³/mol. The molecule has 6 heteroatoms. The molecule has 1 saturated heterocycles. The summed E-state index contributed by atoms with van der Waals surface area (Å²) in [6.45, 7) is 2.93. The van der Waals surface area contributed by atoms with Crippen molar-refractivity contribution in [2.75, 3.05) is 31.1 Å². The number of amides is 1. The summed E-state index contributed by atoms with van der Waals surface area (Å²) in [6, 6.07) is 16.7. The lowest BCUT2D eigenvalue weighted by molar-refractivity contribution is 0.0751. The molecule has 1 fully saturated rings. The first-order valence-corrected chi connectivity index (χ1v) is 10.2. The number of rotatable bonds is 2. The average Bonchev–Trinajstić information content (AvgIpc) is 3.19. The van der Waals surface area contributed by atoms with Gasteiger partial charge in [0, 0.05) is 42.2 Å². The van der Waals surface area contributed by atoms with E-state index in [0.717, 1.165) is 26.6 Å². The van der Waals surface area contributed by atoms with Crippen LogP contribution in [0.1, 0.15) is 15.2 Å². The molecule has 0 N–H and O–H groups in total. The number of anilines is 1. The summed E-state index contributed by atoms with van der Waals surface area (Å²) in [4.78, 5) is 18.8. The smallest absolute Gasteiger partial charge is 0.264 e. The third-order valence-electron chi connectivity index (χ3n) is 5.29. The summed E-state index contributed by atoms with van der Waals surface area (Å²) >= 11 is 1.53. The van der Waals surface area contributed by atoms with Crippen molar-refractivity contribution in [2.24, 2.45) is 0 Å². The SMILES string of the molecule is O=C(c1cc2c(s1)-c1ccccc1OC2)N1CCN(c2ccccc2F)CC1. The molecule has 0 radical (unpaired) electrons. The van der Waals surface area contributed by atoms with E-state index < -0.39 is 0 Å². The van der Waals surface area contributed by atoms with Crippen LogP contribution >= 0.6 is 11.3 Å². The fourth-order valence-electron chi connectivity index (χ4n) is 3.82. The van der Waals surface area contributed by atoms with E-state index in [0.29, 0.717) is 38.5 Å². The monoisotopic (exact) mass is 394 g/mol. The minimum Gasteiger partial charge on any atom is -0.488 e. The minimum absolute atomic E-state index is 0.0464. The van der Waals surface area contributed by atoms with Gasteiger partial charge in [-0.25, -0.2) is 4.39 Å². The number of piperazine rings is 1. The highest BCUT2D eigenvalue weighted by atomic mass is 32.1. The number of benzene rings is 2. The van der Waals surface area contributed by atoms with E-state index in [1.54, 1.807) is 12.1 Å². The summed E-state index contributed by atoms with van der Waals surface area (Å²) in [5.41, 5.74) is 2.73.